The molecule has 1 nitrogen and oxygen atoms in total. The van der Waals surface area contributed by atoms with Gasteiger partial charge in [0.2, 0.25) is 0 Å². The Labute approximate surface area is 91.6 Å². The number of pyridine rings is 1. The monoisotopic (exact) mass is 199 g/mol. The summed E-state index contributed by atoms with van der Waals surface area (Å²) in [6.45, 7) is 4.00. The lowest BCUT2D eigenvalue weighted by Gasteiger charge is -2.06. The molecule has 1 fully saturated rings. The molecule has 2 aliphatic carbocycles. The quantitative estimate of drug-likeness (QED) is 0.672. The minimum atomic E-state index is 0.764. The highest BCUT2D eigenvalue weighted by Crippen LogP contribution is 2.50. The number of nitrogens with zero attached hydrogens (tertiary/aromatic N) is 1. The van der Waals surface area contributed by atoms with Crippen molar-refractivity contribution in [2.45, 2.75) is 20.3 Å². The van der Waals surface area contributed by atoms with E-state index in [0.717, 1.165) is 17.5 Å². The summed E-state index contributed by atoms with van der Waals surface area (Å²) in [4.78, 5) is 4.38. The van der Waals surface area contributed by atoms with Crippen molar-refractivity contribution in [2.24, 2.45) is 11.8 Å². The van der Waals surface area contributed by atoms with E-state index in [9.17, 15) is 0 Å². The van der Waals surface area contributed by atoms with Crippen molar-refractivity contribution in [3.05, 3.63) is 48.3 Å². The average molecular weight is 199 g/mol. The summed E-state index contributed by atoms with van der Waals surface area (Å²) in [5.74, 6) is 1.57. The Bertz CT molecular complexity index is 376. The number of allylic oxidation sites excluding steroid dienone is 4. The predicted octanol–water partition coefficient (Wildman–Crippen LogP) is 3.70. The van der Waals surface area contributed by atoms with E-state index >= 15 is 0 Å². The highest BCUT2D eigenvalue weighted by molar-refractivity contribution is 5.70. The molecule has 0 aliphatic heterocycles. The van der Waals surface area contributed by atoms with Crippen LogP contribution in [-0.4, -0.2) is 4.98 Å². The summed E-state index contributed by atoms with van der Waals surface area (Å²) in [6.07, 6.45) is 9.86. The minimum absolute atomic E-state index is 0.764. The van der Waals surface area contributed by atoms with Gasteiger partial charge in [-0.1, -0.05) is 38.1 Å². The summed E-state index contributed by atoms with van der Waals surface area (Å²) in [6, 6.07) is 6.12. The molecule has 0 bridgehead atoms. The van der Waals surface area contributed by atoms with Crippen LogP contribution in [0.25, 0.3) is 5.57 Å². The zero-order chi connectivity index (χ0) is 10.7. The lowest BCUT2D eigenvalue weighted by Crippen LogP contribution is -1.93. The van der Waals surface area contributed by atoms with E-state index in [1.165, 1.54) is 12.0 Å². The molecule has 3 rings (SSSR count). The van der Waals surface area contributed by atoms with E-state index in [2.05, 4.69) is 35.3 Å². The van der Waals surface area contributed by atoms with Crippen molar-refractivity contribution in [2.75, 3.05) is 0 Å². The molecular formula is C14H17N. The molecule has 78 valence electrons. The Morgan fingerprint density at radius 1 is 1.27 bits per heavy atom. The second kappa shape index (κ2) is 4.43. The fourth-order valence-electron chi connectivity index (χ4n) is 2.02. The normalized spacial score (nSPS) is 25.9. The Hall–Kier alpha value is -1.37. The first-order chi connectivity index (χ1) is 7.45. The van der Waals surface area contributed by atoms with Gasteiger partial charge in [-0.2, -0.15) is 0 Å². The van der Waals surface area contributed by atoms with Crippen LogP contribution in [0.2, 0.25) is 0 Å². The van der Waals surface area contributed by atoms with Crippen molar-refractivity contribution < 1.29 is 0 Å². The summed E-state index contributed by atoms with van der Waals surface area (Å²) in [5.41, 5.74) is 2.58. The van der Waals surface area contributed by atoms with Crippen LogP contribution in [0.3, 0.4) is 0 Å². The van der Waals surface area contributed by atoms with Crippen LogP contribution in [0, 0.1) is 11.8 Å². The molecule has 1 aromatic rings. The van der Waals surface area contributed by atoms with E-state index in [4.69, 9.17) is 0 Å². The molecule has 0 N–H and O–H groups in total. The number of hydrogen-bond acceptors (Lipinski definition) is 1. The maximum Gasteiger partial charge on any atom is 0.0664 e. The van der Waals surface area contributed by atoms with Crippen molar-refractivity contribution in [3.63, 3.8) is 0 Å². The van der Waals surface area contributed by atoms with Gasteiger partial charge in [0.15, 0.2) is 0 Å². The average Bonchev–Trinajstić information content (AvgIpc) is 3.11. The fourth-order valence-corrected chi connectivity index (χ4v) is 2.02. The summed E-state index contributed by atoms with van der Waals surface area (Å²) < 4.78 is 0. The maximum absolute atomic E-state index is 4.38. The van der Waals surface area contributed by atoms with Gasteiger partial charge in [0.1, 0.15) is 0 Å². The second-order valence-corrected chi connectivity index (χ2v) is 3.73. The van der Waals surface area contributed by atoms with Crippen molar-refractivity contribution in [1.29, 1.82) is 0 Å². The van der Waals surface area contributed by atoms with Crippen LogP contribution in [0.15, 0.2) is 42.6 Å². The van der Waals surface area contributed by atoms with Crippen LogP contribution in [0.1, 0.15) is 26.0 Å². The molecule has 0 saturated heterocycles. The lowest BCUT2D eigenvalue weighted by atomic mass is 10.0. The van der Waals surface area contributed by atoms with E-state index in [1.807, 2.05) is 26.1 Å². The zero-order valence-corrected chi connectivity index (χ0v) is 9.35. The Morgan fingerprint density at radius 2 is 2.13 bits per heavy atom. The van der Waals surface area contributed by atoms with Crippen molar-refractivity contribution >= 4 is 5.57 Å². The van der Waals surface area contributed by atoms with Crippen molar-refractivity contribution in [3.8, 4) is 0 Å². The molecule has 1 aromatic heterocycles. The zero-order valence-electron chi connectivity index (χ0n) is 9.35. The maximum atomic E-state index is 4.38. The molecule has 2 atom stereocenters. The van der Waals surface area contributed by atoms with Crippen LogP contribution < -0.4 is 0 Å². The Morgan fingerprint density at radius 3 is 2.87 bits per heavy atom. The van der Waals surface area contributed by atoms with Gasteiger partial charge in [-0.25, -0.2) is 0 Å². The Balaban J connectivity index is 0.000000404. The van der Waals surface area contributed by atoms with Crippen LogP contribution in [-0.2, 0) is 0 Å². The van der Waals surface area contributed by atoms with E-state index in [-0.39, 0.29) is 0 Å². The first-order valence-electron chi connectivity index (χ1n) is 5.75. The minimum Gasteiger partial charge on any atom is -0.257 e. The number of fused-ring (bicyclic) bond motifs is 1. The third kappa shape index (κ3) is 2.01. The van der Waals surface area contributed by atoms with Gasteiger partial charge in [0.25, 0.3) is 0 Å². The number of aromatic nitrogens is 1. The predicted molar refractivity (Wildman–Crippen MR) is 64.3 cm³/mol. The number of hydrogen-bond donors (Lipinski definition) is 0. The smallest absolute Gasteiger partial charge is 0.0664 e. The molecule has 1 heterocycles. The lowest BCUT2D eigenvalue weighted by molar-refractivity contribution is 0.987. The van der Waals surface area contributed by atoms with Gasteiger partial charge in [-0.15, -0.1) is 0 Å². The summed E-state index contributed by atoms with van der Waals surface area (Å²) in [7, 11) is 0. The van der Waals surface area contributed by atoms with Crippen LogP contribution >= 0.6 is 0 Å². The van der Waals surface area contributed by atoms with Gasteiger partial charge in [-0.3, -0.25) is 4.98 Å². The largest absolute Gasteiger partial charge is 0.257 e. The van der Waals surface area contributed by atoms with Crippen LogP contribution in [0.4, 0.5) is 0 Å². The molecule has 0 radical (unpaired) electrons. The summed E-state index contributed by atoms with van der Waals surface area (Å²) >= 11 is 0. The van der Waals surface area contributed by atoms with E-state index in [1.54, 1.807) is 0 Å². The fraction of sp³-hybridized carbons (Fsp3) is 0.357. The van der Waals surface area contributed by atoms with Crippen molar-refractivity contribution in [1.82, 2.24) is 4.98 Å². The first kappa shape index (κ1) is 10.2. The molecule has 0 spiro atoms. The first-order valence-corrected chi connectivity index (χ1v) is 5.75. The molecular weight excluding hydrogens is 182 g/mol. The Kier molecular flexibility index (Phi) is 3.00. The standard InChI is InChI=1S/C12H11N.C2H6/c1-2-7-13-12(6-1)10-5-3-4-9-8-11(9)10;1-2/h1-7,9,11H,8H2;1-2H3. The van der Waals surface area contributed by atoms with Crippen LogP contribution in [0.5, 0.6) is 0 Å². The number of rotatable bonds is 1. The van der Waals surface area contributed by atoms with Gasteiger partial charge in [0.05, 0.1) is 5.69 Å². The van der Waals surface area contributed by atoms with Gasteiger partial charge in [-0.05, 0) is 36.0 Å². The molecule has 0 aromatic carbocycles. The topological polar surface area (TPSA) is 12.9 Å². The van der Waals surface area contributed by atoms with E-state index < -0.39 is 0 Å². The molecule has 2 aliphatic rings. The molecule has 0 amide bonds. The van der Waals surface area contributed by atoms with Gasteiger partial charge in [0, 0.05) is 6.20 Å². The summed E-state index contributed by atoms with van der Waals surface area (Å²) in [5, 5.41) is 0. The van der Waals surface area contributed by atoms with Gasteiger partial charge < -0.3 is 0 Å². The molecule has 2 unspecified atom stereocenters. The molecule has 1 heteroatoms. The highest BCUT2D eigenvalue weighted by Gasteiger charge is 2.39. The SMILES string of the molecule is C1=CC2CC2C(c2ccccn2)=C1.CC. The van der Waals surface area contributed by atoms with Gasteiger partial charge >= 0.3 is 0 Å². The second-order valence-electron chi connectivity index (χ2n) is 3.73. The third-order valence-corrected chi connectivity index (χ3v) is 2.83. The molecule has 15 heavy (non-hydrogen) atoms. The highest BCUT2D eigenvalue weighted by atomic mass is 14.7. The third-order valence-electron chi connectivity index (χ3n) is 2.83. The molecule has 1 saturated carbocycles. The van der Waals surface area contributed by atoms with E-state index in [0.29, 0.717) is 0 Å².